The minimum atomic E-state index is -1.39. The molecule has 1 saturated heterocycles. The highest BCUT2D eigenvalue weighted by molar-refractivity contribution is 5.90. The highest BCUT2D eigenvalue weighted by atomic mass is 16.6. The molecule has 1 aliphatic heterocycles. The van der Waals surface area contributed by atoms with Crippen LogP contribution in [0.25, 0.3) is 0 Å². The molecule has 9 heteroatoms. The second kappa shape index (κ2) is 5.05. The van der Waals surface area contributed by atoms with E-state index in [2.05, 4.69) is 9.97 Å². The SMILES string of the molecule is NC(=O)c1cc(=O)[nH]c([C@@H]2O[C@H](CO)[C@@H](O)[C@H]2O)n1. The standard InChI is InChI=1S/C10H13N3O6/c11-9(18)3-1-5(15)13-10(12-3)8-7(17)6(16)4(2-14)19-8/h1,4,6-8,14,16-17H,2H2,(H2,11,18)(H,12,13,15)/t4-,6-,7-,8-/m1/s1. The first-order valence-electron chi connectivity index (χ1n) is 5.47. The number of hydrogen-bond donors (Lipinski definition) is 5. The van der Waals surface area contributed by atoms with E-state index >= 15 is 0 Å². The molecule has 0 spiro atoms. The Morgan fingerprint density at radius 1 is 1.47 bits per heavy atom. The number of carbonyl (C=O) groups is 1. The van der Waals surface area contributed by atoms with Gasteiger partial charge in [0.2, 0.25) is 0 Å². The Labute approximate surface area is 106 Å². The number of amides is 1. The molecule has 1 aromatic heterocycles. The van der Waals surface area contributed by atoms with Crippen LogP contribution in [0.3, 0.4) is 0 Å². The Hall–Kier alpha value is -1.81. The summed E-state index contributed by atoms with van der Waals surface area (Å²) in [5.41, 5.74) is 4.10. The van der Waals surface area contributed by atoms with Gasteiger partial charge in [-0.25, -0.2) is 4.98 Å². The summed E-state index contributed by atoms with van der Waals surface area (Å²) in [6.07, 6.45) is -4.86. The van der Waals surface area contributed by atoms with E-state index in [1.165, 1.54) is 0 Å². The van der Waals surface area contributed by atoms with Gasteiger partial charge in [0.25, 0.3) is 11.5 Å². The van der Waals surface area contributed by atoms with Crippen LogP contribution in [0.15, 0.2) is 10.9 Å². The number of H-pyrrole nitrogens is 1. The lowest BCUT2D eigenvalue weighted by Gasteiger charge is -2.13. The van der Waals surface area contributed by atoms with E-state index in [9.17, 15) is 19.8 Å². The molecule has 1 fully saturated rings. The van der Waals surface area contributed by atoms with Gasteiger partial charge < -0.3 is 30.8 Å². The number of aliphatic hydroxyl groups excluding tert-OH is 3. The average Bonchev–Trinajstić information content (AvgIpc) is 2.65. The number of nitrogens with one attached hydrogen (secondary N) is 1. The van der Waals surface area contributed by atoms with Gasteiger partial charge in [-0.05, 0) is 0 Å². The van der Waals surface area contributed by atoms with Crippen molar-refractivity contribution in [2.75, 3.05) is 6.61 Å². The van der Waals surface area contributed by atoms with Crippen molar-refractivity contribution in [3.63, 3.8) is 0 Å². The average molecular weight is 271 g/mol. The second-order valence-corrected chi connectivity index (χ2v) is 4.14. The third kappa shape index (κ3) is 2.49. The number of nitrogens with two attached hydrogens (primary N) is 1. The molecule has 4 atom stereocenters. The van der Waals surface area contributed by atoms with Gasteiger partial charge in [0.05, 0.1) is 6.61 Å². The summed E-state index contributed by atoms with van der Waals surface area (Å²) < 4.78 is 5.18. The number of nitrogens with zero attached hydrogens (tertiary/aromatic N) is 1. The highest BCUT2D eigenvalue weighted by Crippen LogP contribution is 2.31. The van der Waals surface area contributed by atoms with Crippen LogP contribution in [-0.4, -0.2) is 56.1 Å². The molecule has 2 heterocycles. The van der Waals surface area contributed by atoms with Crippen molar-refractivity contribution in [3.05, 3.63) is 27.9 Å². The minimum Gasteiger partial charge on any atom is -0.394 e. The number of carbonyl (C=O) groups excluding carboxylic acids is 1. The van der Waals surface area contributed by atoms with E-state index < -0.39 is 42.5 Å². The van der Waals surface area contributed by atoms with E-state index in [0.29, 0.717) is 0 Å². The lowest BCUT2D eigenvalue weighted by atomic mass is 10.1. The largest absolute Gasteiger partial charge is 0.394 e. The molecule has 9 nitrogen and oxygen atoms in total. The highest BCUT2D eigenvalue weighted by Gasteiger charge is 2.44. The molecule has 2 rings (SSSR count). The maximum atomic E-state index is 11.4. The number of aromatic nitrogens is 2. The van der Waals surface area contributed by atoms with Crippen molar-refractivity contribution in [1.29, 1.82) is 0 Å². The van der Waals surface area contributed by atoms with Crippen LogP contribution in [0.4, 0.5) is 0 Å². The van der Waals surface area contributed by atoms with E-state index in [1.807, 2.05) is 0 Å². The maximum Gasteiger partial charge on any atom is 0.267 e. The van der Waals surface area contributed by atoms with Crippen molar-refractivity contribution in [1.82, 2.24) is 9.97 Å². The Balaban J connectivity index is 2.37. The van der Waals surface area contributed by atoms with Crippen LogP contribution < -0.4 is 11.3 Å². The van der Waals surface area contributed by atoms with Crippen molar-refractivity contribution in [2.24, 2.45) is 5.73 Å². The summed E-state index contributed by atoms with van der Waals surface area (Å²) in [7, 11) is 0. The summed E-state index contributed by atoms with van der Waals surface area (Å²) in [4.78, 5) is 28.4. The lowest BCUT2D eigenvalue weighted by molar-refractivity contribution is -0.0254. The molecule has 0 saturated carbocycles. The maximum absolute atomic E-state index is 11.4. The van der Waals surface area contributed by atoms with Crippen molar-refractivity contribution in [3.8, 4) is 0 Å². The minimum absolute atomic E-state index is 0.135. The molecule has 1 aliphatic rings. The van der Waals surface area contributed by atoms with E-state index in [4.69, 9.17) is 15.6 Å². The van der Waals surface area contributed by atoms with Gasteiger partial charge in [-0.3, -0.25) is 9.59 Å². The molecule has 1 aromatic rings. The van der Waals surface area contributed by atoms with Crippen molar-refractivity contribution in [2.45, 2.75) is 24.4 Å². The predicted molar refractivity (Wildman–Crippen MR) is 60.1 cm³/mol. The first-order chi connectivity index (χ1) is 8.93. The summed E-state index contributed by atoms with van der Waals surface area (Å²) in [6.45, 7) is -0.505. The van der Waals surface area contributed by atoms with Crippen LogP contribution in [0.2, 0.25) is 0 Å². The van der Waals surface area contributed by atoms with E-state index in [1.54, 1.807) is 0 Å². The number of aliphatic hydroxyl groups is 3. The number of aromatic amines is 1. The summed E-state index contributed by atoms with van der Waals surface area (Å²) >= 11 is 0. The molecule has 6 N–H and O–H groups in total. The Morgan fingerprint density at radius 3 is 2.68 bits per heavy atom. The molecule has 0 bridgehead atoms. The van der Waals surface area contributed by atoms with Crippen LogP contribution >= 0.6 is 0 Å². The molecule has 1 amide bonds. The van der Waals surface area contributed by atoms with Crippen LogP contribution in [-0.2, 0) is 4.74 Å². The fourth-order valence-electron chi connectivity index (χ4n) is 1.86. The monoisotopic (exact) mass is 271 g/mol. The van der Waals surface area contributed by atoms with Gasteiger partial charge in [0, 0.05) is 6.07 Å². The Bertz CT molecular complexity index is 544. The molecular weight excluding hydrogens is 258 g/mol. The summed E-state index contributed by atoms with van der Waals surface area (Å²) in [6, 6.07) is 0.910. The van der Waals surface area contributed by atoms with Gasteiger partial charge in [-0.15, -0.1) is 0 Å². The van der Waals surface area contributed by atoms with Gasteiger partial charge in [-0.2, -0.15) is 0 Å². The zero-order valence-electron chi connectivity index (χ0n) is 9.68. The third-order valence-corrected chi connectivity index (χ3v) is 2.82. The summed E-state index contributed by atoms with van der Waals surface area (Å²) in [5, 5.41) is 28.3. The Morgan fingerprint density at radius 2 is 2.16 bits per heavy atom. The van der Waals surface area contributed by atoms with Gasteiger partial charge >= 0.3 is 0 Å². The fourth-order valence-corrected chi connectivity index (χ4v) is 1.86. The van der Waals surface area contributed by atoms with E-state index in [0.717, 1.165) is 6.07 Å². The van der Waals surface area contributed by atoms with Crippen LogP contribution in [0.5, 0.6) is 0 Å². The Kier molecular flexibility index (Phi) is 3.62. The third-order valence-electron chi connectivity index (χ3n) is 2.82. The molecule has 0 aliphatic carbocycles. The number of rotatable bonds is 3. The number of primary amides is 1. The fraction of sp³-hybridized carbons (Fsp3) is 0.500. The molecule has 0 aromatic carbocycles. The topological polar surface area (TPSA) is 159 Å². The second-order valence-electron chi connectivity index (χ2n) is 4.14. The molecular formula is C10H13N3O6. The molecule has 0 unspecified atom stereocenters. The van der Waals surface area contributed by atoms with Crippen molar-refractivity contribution >= 4 is 5.91 Å². The quantitative estimate of drug-likeness (QED) is 0.392. The summed E-state index contributed by atoms with van der Waals surface area (Å²) in [5.74, 6) is -1.04. The first-order valence-corrected chi connectivity index (χ1v) is 5.47. The smallest absolute Gasteiger partial charge is 0.267 e. The zero-order chi connectivity index (χ0) is 14.2. The van der Waals surface area contributed by atoms with Crippen LogP contribution in [0.1, 0.15) is 22.4 Å². The van der Waals surface area contributed by atoms with Crippen molar-refractivity contribution < 1.29 is 24.9 Å². The zero-order valence-corrected chi connectivity index (χ0v) is 9.68. The van der Waals surface area contributed by atoms with E-state index in [-0.39, 0.29) is 11.5 Å². The normalized spacial score (nSPS) is 30.5. The van der Waals surface area contributed by atoms with Gasteiger partial charge in [-0.1, -0.05) is 0 Å². The van der Waals surface area contributed by atoms with Crippen LogP contribution in [0, 0.1) is 0 Å². The molecule has 104 valence electrons. The molecule has 19 heavy (non-hydrogen) atoms. The van der Waals surface area contributed by atoms with Gasteiger partial charge in [0.15, 0.2) is 0 Å². The number of hydrogen-bond acceptors (Lipinski definition) is 7. The predicted octanol–water partition coefficient (Wildman–Crippen LogP) is -2.98. The first kappa shape index (κ1) is 13.6. The lowest BCUT2D eigenvalue weighted by Crippen LogP contribution is -2.33. The van der Waals surface area contributed by atoms with Gasteiger partial charge in [0.1, 0.15) is 35.9 Å². The molecule has 0 radical (unpaired) electrons. The number of ether oxygens (including phenoxy) is 1.